The van der Waals surface area contributed by atoms with Crippen molar-refractivity contribution in [2.24, 2.45) is 0 Å². The standard InChI is InChI=1S/C76H47F3N8/c1-46-72(84-67-22-18-51(47-26-34-80-35-27-47)42-59(67)60-43-52(19-23-68(60)84)48-28-36-81-37-29-48)74(86-63-14-6-2-10-55(63)56-11-3-7-15-64(56)86)71(76(77,78)79)75(87-65-16-8-4-12-57(65)58-13-5-9-17-66(58)87)73(46)85-69-24-20-53(49-30-38-82-39-31-49)44-61(69)62-45-54(21-25-70(62)85)50-32-40-83-41-33-50/h2-45H,1H3. The van der Waals surface area contributed by atoms with E-state index in [4.69, 9.17) is 0 Å². The molecule has 8 aromatic heterocycles. The van der Waals surface area contributed by atoms with E-state index in [1.807, 2.05) is 162 Å². The normalized spacial score (nSPS) is 12.1. The van der Waals surface area contributed by atoms with Crippen LogP contribution in [0.25, 0.3) is 154 Å². The number of hydrogen-bond acceptors (Lipinski definition) is 4. The number of halogens is 3. The van der Waals surface area contributed by atoms with Crippen LogP contribution in [0, 0.1) is 6.92 Å². The molecular formula is C76H47F3N8. The lowest BCUT2D eigenvalue weighted by Gasteiger charge is -2.30. The van der Waals surface area contributed by atoms with Crippen LogP contribution >= 0.6 is 0 Å². The first-order valence-corrected chi connectivity index (χ1v) is 28.8. The lowest BCUT2D eigenvalue weighted by atomic mass is 9.97. The molecule has 0 radical (unpaired) electrons. The molecule has 0 unspecified atom stereocenters. The Hall–Kier alpha value is -11.4. The quantitative estimate of drug-likeness (QED) is 0.152. The highest BCUT2D eigenvalue weighted by molar-refractivity contribution is 6.17. The van der Waals surface area contributed by atoms with Gasteiger partial charge in [0.25, 0.3) is 0 Å². The fraction of sp³-hybridized carbons (Fsp3) is 0.0263. The van der Waals surface area contributed by atoms with Gasteiger partial charge in [-0.3, -0.25) is 19.9 Å². The predicted molar refractivity (Wildman–Crippen MR) is 346 cm³/mol. The number of pyridine rings is 4. The van der Waals surface area contributed by atoms with E-state index in [9.17, 15) is 0 Å². The summed E-state index contributed by atoms with van der Waals surface area (Å²) in [5.41, 5.74) is 13.6. The fourth-order valence-electron chi connectivity index (χ4n) is 13.8. The molecule has 0 aliphatic heterocycles. The monoisotopic (exact) mass is 1130 g/mol. The molecule has 8 nitrogen and oxygen atoms in total. The van der Waals surface area contributed by atoms with Gasteiger partial charge in [-0.25, -0.2) is 0 Å². The number of aromatic nitrogens is 8. The molecule has 17 aromatic rings. The predicted octanol–water partition coefficient (Wildman–Crippen LogP) is 19.7. The van der Waals surface area contributed by atoms with Crippen molar-refractivity contribution in [2.75, 3.05) is 0 Å². The van der Waals surface area contributed by atoms with Gasteiger partial charge in [0.15, 0.2) is 0 Å². The van der Waals surface area contributed by atoms with Crippen molar-refractivity contribution in [3.63, 3.8) is 0 Å². The maximum absolute atomic E-state index is 18.6. The van der Waals surface area contributed by atoms with Crippen molar-refractivity contribution in [2.45, 2.75) is 13.1 Å². The average molecular weight is 1130 g/mol. The van der Waals surface area contributed by atoms with Crippen LogP contribution in [0.2, 0.25) is 0 Å². The minimum atomic E-state index is -5.02. The Morgan fingerprint density at radius 2 is 0.483 bits per heavy atom. The molecule has 0 N–H and O–H groups in total. The minimum absolute atomic E-state index is 0.00560. The molecule has 0 spiro atoms. The van der Waals surface area contributed by atoms with Gasteiger partial charge < -0.3 is 18.3 Å². The average Bonchev–Trinajstić information content (AvgIpc) is 1.62. The number of alkyl halides is 3. The van der Waals surface area contributed by atoms with Crippen molar-refractivity contribution in [3.8, 4) is 67.3 Å². The summed E-state index contributed by atoms with van der Waals surface area (Å²) in [4.78, 5) is 17.4. The summed E-state index contributed by atoms with van der Waals surface area (Å²) in [5.74, 6) is 0. The van der Waals surface area contributed by atoms with Crippen molar-refractivity contribution in [1.29, 1.82) is 0 Å². The summed E-state index contributed by atoms with van der Waals surface area (Å²) >= 11 is 0. The molecule has 0 fully saturated rings. The van der Waals surface area contributed by atoms with E-state index in [0.717, 1.165) is 110 Å². The fourth-order valence-corrected chi connectivity index (χ4v) is 13.8. The molecule has 0 aliphatic carbocycles. The molecule has 11 heteroatoms. The molecule has 9 aromatic carbocycles. The first-order valence-electron chi connectivity index (χ1n) is 28.8. The zero-order valence-electron chi connectivity index (χ0n) is 46.6. The van der Waals surface area contributed by atoms with Crippen molar-refractivity contribution in [3.05, 3.63) is 279 Å². The third kappa shape index (κ3) is 7.65. The van der Waals surface area contributed by atoms with E-state index < -0.39 is 11.7 Å². The van der Waals surface area contributed by atoms with Crippen LogP contribution in [0.4, 0.5) is 13.2 Å². The summed E-state index contributed by atoms with van der Waals surface area (Å²) in [6, 6.07) is 72.4. The minimum Gasteiger partial charge on any atom is -0.307 e. The number of rotatable bonds is 8. The molecule has 17 rings (SSSR count). The molecule has 0 atom stereocenters. The topological polar surface area (TPSA) is 71.3 Å². The summed E-state index contributed by atoms with van der Waals surface area (Å²) in [5, 5.41) is 6.79. The Morgan fingerprint density at radius 1 is 0.253 bits per heavy atom. The van der Waals surface area contributed by atoms with Crippen molar-refractivity contribution in [1.82, 2.24) is 38.2 Å². The van der Waals surface area contributed by atoms with E-state index in [-0.39, 0.29) is 11.4 Å². The number of fused-ring (bicyclic) bond motifs is 12. The van der Waals surface area contributed by atoms with Crippen LogP contribution in [0.15, 0.2) is 268 Å². The molecule has 0 saturated carbocycles. The Bertz CT molecular complexity index is 4990. The second kappa shape index (κ2) is 19.3. The number of benzene rings is 9. The van der Waals surface area contributed by atoms with Crippen LogP contribution < -0.4 is 0 Å². The van der Waals surface area contributed by atoms with Crippen molar-refractivity contribution >= 4 is 87.2 Å². The molecule has 87 heavy (non-hydrogen) atoms. The van der Waals surface area contributed by atoms with E-state index in [1.165, 1.54) is 0 Å². The molecule has 0 saturated heterocycles. The third-order valence-electron chi connectivity index (χ3n) is 17.6. The van der Waals surface area contributed by atoms with Crippen LogP contribution in [0.3, 0.4) is 0 Å². The first-order chi connectivity index (χ1) is 42.8. The SMILES string of the molecule is Cc1c(-n2c3ccc(-c4ccncc4)cc3c3cc(-c4ccncc4)ccc32)c(-n2c3ccccc3c3ccccc32)c(C(F)(F)F)c(-n2c3ccccc3c3ccccc32)c1-n1c2ccc(-c3ccncc3)cc2c2cc(-c3ccncc3)ccc21. The summed E-state index contributed by atoms with van der Waals surface area (Å²) in [6.45, 7) is 2.03. The molecular weight excluding hydrogens is 1080 g/mol. The van der Waals surface area contributed by atoms with Gasteiger partial charge in [0.05, 0.1) is 66.9 Å². The van der Waals surface area contributed by atoms with Gasteiger partial charge in [0.1, 0.15) is 5.56 Å². The van der Waals surface area contributed by atoms with Gasteiger partial charge in [-0.1, -0.05) is 97.1 Å². The van der Waals surface area contributed by atoms with Crippen molar-refractivity contribution < 1.29 is 13.2 Å². The van der Waals surface area contributed by atoms with Gasteiger partial charge in [0.2, 0.25) is 0 Å². The molecule has 0 aliphatic rings. The lowest BCUT2D eigenvalue weighted by Crippen LogP contribution is -2.22. The Kier molecular flexibility index (Phi) is 11.1. The van der Waals surface area contributed by atoms with Gasteiger partial charge in [-0.05, 0) is 173 Å². The molecule has 0 bridgehead atoms. The van der Waals surface area contributed by atoms with E-state index >= 15 is 13.2 Å². The highest BCUT2D eigenvalue weighted by Crippen LogP contribution is 2.53. The second-order valence-corrected chi connectivity index (χ2v) is 22.2. The van der Waals surface area contributed by atoms with Crippen LogP contribution in [-0.4, -0.2) is 38.2 Å². The molecule has 8 heterocycles. The van der Waals surface area contributed by atoms with Crippen LogP contribution in [0.5, 0.6) is 0 Å². The Labute approximate surface area is 495 Å². The number of nitrogens with zero attached hydrogens (tertiary/aromatic N) is 8. The smallest absolute Gasteiger partial charge is 0.307 e. The zero-order chi connectivity index (χ0) is 58.1. The van der Waals surface area contributed by atoms with E-state index in [0.29, 0.717) is 39.0 Å². The van der Waals surface area contributed by atoms with E-state index in [2.05, 4.69) is 102 Å². The second-order valence-electron chi connectivity index (χ2n) is 22.2. The number of hydrogen-bond donors (Lipinski definition) is 0. The maximum atomic E-state index is 18.6. The van der Waals surface area contributed by atoms with Gasteiger partial charge in [-0.2, -0.15) is 13.2 Å². The zero-order valence-corrected chi connectivity index (χ0v) is 46.6. The highest BCUT2D eigenvalue weighted by Gasteiger charge is 2.44. The highest BCUT2D eigenvalue weighted by atomic mass is 19.4. The van der Waals surface area contributed by atoms with Gasteiger partial charge in [0, 0.05) is 98.2 Å². The van der Waals surface area contributed by atoms with E-state index in [1.54, 1.807) is 49.6 Å². The molecule has 412 valence electrons. The lowest BCUT2D eigenvalue weighted by molar-refractivity contribution is -0.137. The molecule has 0 amide bonds. The van der Waals surface area contributed by atoms with Crippen LogP contribution in [0.1, 0.15) is 11.1 Å². The summed E-state index contributed by atoms with van der Waals surface area (Å²) in [6.07, 6.45) is 9.19. The Morgan fingerprint density at radius 3 is 0.736 bits per heavy atom. The first kappa shape index (κ1) is 50.1. The third-order valence-corrected chi connectivity index (χ3v) is 17.6. The number of para-hydroxylation sites is 4. The Balaban J connectivity index is 1.13. The van der Waals surface area contributed by atoms with Crippen LogP contribution in [-0.2, 0) is 6.18 Å². The maximum Gasteiger partial charge on any atom is 0.420 e. The summed E-state index contributed by atoms with van der Waals surface area (Å²) < 4.78 is 63.9. The van der Waals surface area contributed by atoms with Gasteiger partial charge in [-0.15, -0.1) is 0 Å². The van der Waals surface area contributed by atoms with Gasteiger partial charge >= 0.3 is 6.18 Å². The summed E-state index contributed by atoms with van der Waals surface area (Å²) in [7, 11) is 0. The largest absolute Gasteiger partial charge is 0.420 e.